The zero-order chi connectivity index (χ0) is 9.52. The van der Waals surface area contributed by atoms with Gasteiger partial charge in [0.25, 0.3) is 0 Å². The summed E-state index contributed by atoms with van der Waals surface area (Å²) in [6.45, 7) is 0. The molecule has 0 aromatic rings. The maximum Gasteiger partial charge on any atom is 0.136 e. The van der Waals surface area contributed by atoms with Crippen molar-refractivity contribution in [2.75, 3.05) is 0 Å². The number of rotatable bonds is 2. The highest BCUT2D eigenvalue weighted by atomic mass is 16.1. The Balaban J connectivity index is 2.38. The maximum atomic E-state index is 11.6. The third-order valence-electron chi connectivity index (χ3n) is 2.79. The van der Waals surface area contributed by atoms with Crippen LogP contribution in [0.3, 0.4) is 0 Å². The predicted octanol–water partition coefficient (Wildman–Crippen LogP) is 2.83. The third kappa shape index (κ3) is 3.59. The fraction of sp³-hybridized carbons (Fsp3) is 0.818. The van der Waals surface area contributed by atoms with Crippen molar-refractivity contribution in [2.24, 2.45) is 5.92 Å². The van der Waals surface area contributed by atoms with E-state index >= 15 is 0 Å². The van der Waals surface area contributed by atoms with Crippen LogP contribution in [0.15, 0.2) is 0 Å². The van der Waals surface area contributed by atoms with Gasteiger partial charge in [0.05, 0.1) is 6.07 Å². The van der Waals surface area contributed by atoms with E-state index in [-0.39, 0.29) is 5.92 Å². The summed E-state index contributed by atoms with van der Waals surface area (Å²) in [5.41, 5.74) is 0. The molecular weight excluding hydrogens is 162 g/mol. The van der Waals surface area contributed by atoms with Crippen LogP contribution < -0.4 is 0 Å². The van der Waals surface area contributed by atoms with Crippen LogP contribution in [0.5, 0.6) is 0 Å². The van der Waals surface area contributed by atoms with E-state index in [9.17, 15) is 4.79 Å². The van der Waals surface area contributed by atoms with E-state index in [4.69, 9.17) is 5.26 Å². The van der Waals surface area contributed by atoms with Crippen LogP contribution in [-0.2, 0) is 4.79 Å². The van der Waals surface area contributed by atoms with Crippen molar-refractivity contribution in [3.63, 3.8) is 0 Å². The average molecular weight is 179 g/mol. The summed E-state index contributed by atoms with van der Waals surface area (Å²) in [7, 11) is 0. The van der Waals surface area contributed by atoms with Crippen molar-refractivity contribution < 1.29 is 4.79 Å². The largest absolute Gasteiger partial charge is 0.299 e. The standard InChI is InChI=1S/C11H17NO/c12-9-5-7-10-6-3-1-2-4-8-11(10)13/h10H,1-8H2. The van der Waals surface area contributed by atoms with Crippen LogP contribution >= 0.6 is 0 Å². The highest BCUT2D eigenvalue weighted by Crippen LogP contribution is 2.22. The van der Waals surface area contributed by atoms with E-state index in [1.807, 2.05) is 0 Å². The first-order chi connectivity index (χ1) is 6.34. The van der Waals surface area contributed by atoms with Crippen molar-refractivity contribution >= 4 is 5.78 Å². The first-order valence-corrected chi connectivity index (χ1v) is 5.24. The number of ketones is 1. The number of nitriles is 1. The minimum Gasteiger partial charge on any atom is -0.299 e. The minimum atomic E-state index is 0.194. The number of nitrogens with zero attached hydrogens (tertiary/aromatic N) is 1. The highest BCUT2D eigenvalue weighted by Gasteiger charge is 2.18. The summed E-state index contributed by atoms with van der Waals surface area (Å²) in [5, 5.41) is 8.45. The summed E-state index contributed by atoms with van der Waals surface area (Å²) in [4.78, 5) is 11.6. The molecule has 0 radical (unpaired) electrons. The molecule has 0 aromatic carbocycles. The zero-order valence-corrected chi connectivity index (χ0v) is 8.09. The van der Waals surface area contributed by atoms with E-state index in [2.05, 4.69) is 6.07 Å². The lowest BCUT2D eigenvalue weighted by atomic mass is 9.87. The number of Topliss-reactive ketones (excluding diaryl/α,β-unsaturated/α-hetero) is 1. The molecule has 72 valence electrons. The quantitative estimate of drug-likeness (QED) is 0.654. The zero-order valence-electron chi connectivity index (χ0n) is 8.09. The molecule has 1 rings (SSSR count). The number of hydrogen-bond donors (Lipinski definition) is 0. The van der Waals surface area contributed by atoms with Gasteiger partial charge in [0.1, 0.15) is 5.78 Å². The summed E-state index contributed by atoms with van der Waals surface area (Å²) >= 11 is 0. The number of carbonyl (C=O) groups is 1. The van der Waals surface area contributed by atoms with Crippen LogP contribution in [-0.4, -0.2) is 5.78 Å². The van der Waals surface area contributed by atoms with Gasteiger partial charge in [-0.15, -0.1) is 0 Å². The van der Waals surface area contributed by atoms with Crippen molar-refractivity contribution in [3.05, 3.63) is 0 Å². The van der Waals surface area contributed by atoms with Gasteiger partial charge in [-0.05, 0) is 19.3 Å². The maximum absolute atomic E-state index is 11.6. The Bertz CT molecular complexity index is 205. The molecule has 2 nitrogen and oxygen atoms in total. The first-order valence-electron chi connectivity index (χ1n) is 5.24. The minimum absolute atomic E-state index is 0.194. The highest BCUT2D eigenvalue weighted by molar-refractivity contribution is 5.80. The molecule has 1 aliphatic carbocycles. The second-order valence-electron chi connectivity index (χ2n) is 3.81. The Morgan fingerprint density at radius 1 is 1.31 bits per heavy atom. The fourth-order valence-electron chi connectivity index (χ4n) is 1.95. The molecular formula is C11H17NO. The van der Waals surface area contributed by atoms with Gasteiger partial charge < -0.3 is 0 Å². The lowest BCUT2D eigenvalue weighted by Gasteiger charge is -2.16. The summed E-state index contributed by atoms with van der Waals surface area (Å²) in [6, 6.07) is 2.12. The molecule has 0 heterocycles. The van der Waals surface area contributed by atoms with E-state index in [0.29, 0.717) is 12.2 Å². The molecule has 0 saturated heterocycles. The molecule has 0 N–H and O–H groups in total. The molecule has 0 spiro atoms. The lowest BCUT2D eigenvalue weighted by Crippen LogP contribution is -2.16. The Kier molecular flexibility index (Phi) is 4.53. The Morgan fingerprint density at radius 2 is 2.08 bits per heavy atom. The predicted molar refractivity (Wildman–Crippen MR) is 51.0 cm³/mol. The fourth-order valence-corrected chi connectivity index (χ4v) is 1.95. The van der Waals surface area contributed by atoms with E-state index in [1.165, 1.54) is 19.3 Å². The van der Waals surface area contributed by atoms with Gasteiger partial charge in [-0.3, -0.25) is 4.79 Å². The second kappa shape index (κ2) is 5.75. The van der Waals surface area contributed by atoms with E-state index in [1.54, 1.807) is 0 Å². The average Bonchev–Trinajstić information content (AvgIpc) is 2.11. The van der Waals surface area contributed by atoms with Gasteiger partial charge in [0, 0.05) is 18.8 Å². The SMILES string of the molecule is N#CCCC1CCCCCCC1=O. The molecule has 13 heavy (non-hydrogen) atoms. The molecule has 0 aromatic heterocycles. The van der Waals surface area contributed by atoms with Crippen molar-refractivity contribution in [2.45, 2.75) is 51.4 Å². The van der Waals surface area contributed by atoms with Gasteiger partial charge in [0.2, 0.25) is 0 Å². The number of carbonyl (C=O) groups excluding carboxylic acids is 1. The second-order valence-corrected chi connectivity index (χ2v) is 3.81. The summed E-state index contributed by atoms with van der Waals surface area (Å²) in [5.74, 6) is 0.592. The van der Waals surface area contributed by atoms with Crippen molar-refractivity contribution in [1.82, 2.24) is 0 Å². The monoisotopic (exact) mass is 179 g/mol. The van der Waals surface area contributed by atoms with Crippen LogP contribution in [0.4, 0.5) is 0 Å². The van der Waals surface area contributed by atoms with E-state index < -0.39 is 0 Å². The molecule has 2 heteroatoms. The van der Waals surface area contributed by atoms with Gasteiger partial charge in [-0.1, -0.05) is 19.3 Å². The molecule has 1 unspecified atom stereocenters. The molecule has 1 fully saturated rings. The Hall–Kier alpha value is -0.840. The Labute approximate surface area is 79.9 Å². The molecule has 1 saturated carbocycles. The van der Waals surface area contributed by atoms with Crippen LogP contribution in [0, 0.1) is 17.2 Å². The molecule has 0 bridgehead atoms. The molecule has 0 amide bonds. The van der Waals surface area contributed by atoms with Crippen LogP contribution in [0.25, 0.3) is 0 Å². The van der Waals surface area contributed by atoms with Gasteiger partial charge in [-0.2, -0.15) is 5.26 Å². The molecule has 1 aliphatic rings. The lowest BCUT2D eigenvalue weighted by molar-refractivity contribution is -0.123. The van der Waals surface area contributed by atoms with Crippen LogP contribution in [0.1, 0.15) is 51.4 Å². The third-order valence-corrected chi connectivity index (χ3v) is 2.79. The molecule has 1 atom stereocenters. The summed E-state index contributed by atoms with van der Waals surface area (Å²) in [6.07, 6.45) is 7.78. The normalized spacial score (nSPS) is 24.5. The topological polar surface area (TPSA) is 40.9 Å². The smallest absolute Gasteiger partial charge is 0.136 e. The molecule has 0 aliphatic heterocycles. The van der Waals surface area contributed by atoms with Gasteiger partial charge >= 0.3 is 0 Å². The van der Waals surface area contributed by atoms with Gasteiger partial charge in [0.15, 0.2) is 0 Å². The summed E-state index contributed by atoms with van der Waals surface area (Å²) < 4.78 is 0. The van der Waals surface area contributed by atoms with Crippen LogP contribution in [0.2, 0.25) is 0 Å². The Morgan fingerprint density at radius 3 is 2.85 bits per heavy atom. The van der Waals surface area contributed by atoms with E-state index in [0.717, 1.165) is 25.7 Å². The first kappa shape index (κ1) is 10.2. The van der Waals surface area contributed by atoms with Crippen molar-refractivity contribution in [1.29, 1.82) is 5.26 Å². The number of hydrogen-bond acceptors (Lipinski definition) is 2. The van der Waals surface area contributed by atoms with Gasteiger partial charge in [-0.25, -0.2) is 0 Å². The van der Waals surface area contributed by atoms with Crippen molar-refractivity contribution in [3.8, 4) is 6.07 Å².